The van der Waals surface area contributed by atoms with Crippen molar-refractivity contribution in [2.45, 2.75) is 30.7 Å². The quantitative estimate of drug-likeness (QED) is 0.629. The van der Waals surface area contributed by atoms with Crippen LogP contribution in [0.25, 0.3) is 0 Å². The summed E-state index contributed by atoms with van der Waals surface area (Å²) in [7, 11) is 1.74. The maximum absolute atomic E-state index is 11.9. The fourth-order valence-electron chi connectivity index (χ4n) is 1.96. The molecule has 0 N–H and O–H groups in total. The molecule has 4 nitrogen and oxygen atoms in total. The summed E-state index contributed by atoms with van der Waals surface area (Å²) in [6, 6.07) is 11.2. The lowest BCUT2D eigenvalue weighted by atomic mass is 10.2. The van der Waals surface area contributed by atoms with Crippen molar-refractivity contribution < 1.29 is 0 Å². The normalized spacial score (nSPS) is 10.3. The monoisotopic (exact) mass is 299 g/mol. The summed E-state index contributed by atoms with van der Waals surface area (Å²) in [5, 5.41) is 9.62. The Morgan fingerprint density at radius 1 is 1.38 bits per heavy atom. The topological polar surface area (TPSA) is 58.7 Å². The van der Waals surface area contributed by atoms with Crippen LogP contribution in [0.15, 0.2) is 40.3 Å². The van der Waals surface area contributed by atoms with Crippen LogP contribution in [0.5, 0.6) is 0 Å². The van der Waals surface area contributed by atoms with Crippen LogP contribution in [-0.2, 0) is 19.2 Å². The Labute approximate surface area is 128 Å². The molecule has 1 aromatic carbocycles. The van der Waals surface area contributed by atoms with E-state index >= 15 is 0 Å². The predicted octanol–water partition coefficient (Wildman–Crippen LogP) is 2.90. The van der Waals surface area contributed by atoms with Crippen molar-refractivity contribution in [2.75, 3.05) is 0 Å². The molecule has 1 heterocycles. The summed E-state index contributed by atoms with van der Waals surface area (Å²) in [4.78, 5) is 16.5. The lowest BCUT2D eigenvalue weighted by Gasteiger charge is -2.08. The van der Waals surface area contributed by atoms with Gasteiger partial charge in [0, 0.05) is 24.6 Å². The van der Waals surface area contributed by atoms with Gasteiger partial charge >= 0.3 is 0 Å². The van der Waals surface area contributed by atoms with Crippen LogP contribution >= 0.6 is 11.8 Å². The number of nitrogens with zero attached hydrogens (tertiary/aromatic N) is 3. The van der Waals surface area contributed by atoms with Crippen LogP contribution in [-0.4, -0.2) is 9.55 Å². The van der Waals surface area contributed by atoms with Crippen LogP contribution in [0.1, 0.15) is 30.2 Å². The molecule has 0 radical (unpaired) electrons. The summed E-state index contributed by atoms with van der Waals surface area (Å²) in [5.74, 6) is 0.686. The van der Waals surface area contributed by atoms with E-state index < -0.39 is 0 Å². The molecule has 0 saturated heterocycles. The predicted molar refractivity (Wildman–Crippen MR) is 84.2 cm³/mol. The van der Waals surface area contributed by atoms with Gasteiger partial charge in [-0.1, -0.05) is 37.2 Å². The van der Waals surface area contributed by atoms with Crippen molar-refractivity contribution in [3.05, 3.63) is 57.5 Å². The molecule has 1 aromatic heterocycles. The number of hydrogen-bond acceptors (Lipinski definition) is 4. The van der Waals surface area contributed by atoms with Crippen LogP contribution in [0, 0.1) is 11.3 Å². The van der Waals surface area contributed by atoms with E-state index in [0.717, 1.165) is 24.1 Å². The largest absolute Gasteiger partial charge is 0.291 e. The Morgan fingerprint density at radius 2 is 2.19 bits per heavy atom. The number of thioether (sulfide) groups is 1. The molecular formula is C16H17N3OS. The van der Waals surface area contributed by atoms with E-state index in [0.29, 0.717) is 16.5 Å². The van der Waals surface area contributed by atoms with Gasteiger partial charge in [-0.25, -0.2) is 4.98 Å². The lowest BCUT2D eigenvalue weighted by Crippen LogP contribution is -2.20. The molecule has 5 heteroatoms. The van der Waals surface area contributed by atoms with Gasteiger partial charge < -0.3 is 0 Å². The summed E-state index contributed by atoms with van der Waals surface area (Å²) in [6.45, 7) is 2.07. The average molecular weight is 299 g/mol. The molecule has 0 fully saturated rings. The molecule has 21 heavy (non-hydrogen) atoms. The first kappa shape index (κ1) is 15.3. The van der Waals surface area contributed by atoms with Gasteiger partial charge in [0.05, 0.1) is 11.6 Å². The van der Waals surface area contributed by atoms with E-state index in [9.17, 15) is 4.79 Å². The molecule has 0 bridgehead atoms. The van der Waals surface area contributed by atoms with Gasteiger partial charge in [-0.15, -0.1) is 0 Å². The van der Waals surface area contributed by atoms with Crippen molar-refractivity contribution in [1.82, 2.24) is 9.55 Å². The second-order valence-electron chi connectivity index (χ2n) is 4.78. The van der Waals surface area contributed by atoms with Gasteiger partial charge in [0.1, 0.15) is 0 Å². The Morgan fingerprint density at radius 3 is 2.90 bits per heavy atom. The van der Waals surface area contributed by atoms with Gasteiger partial charge in [0.2, 0.25) is 0 Å². The molecule has 0 atom stereocenters. The summed E-state index contributed by atoms with van der Waals surface area (Å²) >= 11 is 1.52. The number of hydrogen-bond donors (Lipinski definition) is 0. The Hall–Kier alpha value is -2.06. The fraction of sp³-hybridized carbons (Fsp3) is 0.312. The zero-order chi connectivity index (χ0) is 15.2. The van der Waals surface area contributed by atoms with E-state index in [4.69, 9.17) is 5.26 Å². The van der Waals surface area contributed by atoms with Crippen LogP contribution < -0.4 is 5.56 Å². The van der Waals surface area contributed by atoms with Crippen molar-refractivity contribution in [3.8, 4) is 6.07 Å². The Balaban J connectivity index is 2.19. The highest BCUT2D eigenvalue weighted by atomic mass is 32.2. The van der Waals surface area contributed by atoms with Crippen molar-refractivity contribution in [3.63, 3.8) is 0 Å². The number of rotatable bonds is 5. The molecule has 0 aliphatic carbocycles. The molecule has 0 saturated carbocycles. The van der Waals surface area contributed by atoms with E-state index in [2.05, 4.69) is 18.0 Å². The minimum absolute atomic E-state index is 0.0262. The zero-order valence-electron chi connectivity index (χ0n) is 12.2. The minimum atomic E-state index is -0.0262. The van der Waals surface area contributed by atoms with Gasteiger partial charge in [-0.3, -0.25) is 9.36 Å². The standard InChI is InChI=1S/C16H17N3OS/c1-3-5-14-9-15(20)19(2)16(18-14)21-11-13-7-4-6-12(8-13)10-17/h4,6-9H,3,5,11H2,1-2H3. The smallest absolute Gasteiger partial charge is 0.254 e. The molecular weight excluding hydrogens is 282 g/mol. The molecule has 0 aliphatic heterocycles. The van der Waals surface area contributed by atoms with Crippen LogP contribution in [0.2, 0.25) is 0 Å². The van der Waals surface area contributed by atoms with E-state index in [1.54, 1.807) is 23.7 Å². The molecule has 2 rings (SSSR count). The third kappa shape index (κ3) is 3.96. The number of nitriles is 1. The molecule has 0 unspecified atom stereocenters. The number of aryl methyl sites for hydroxylation is 1. The summed E-state index contributed by atoms with van der Waals surface area (Å²) < 4.78 is 1.57. The van der Waals surface area contributed by atoms with E-state index in [1.165, 1.54) is 11.8 Å². The third-order valence-corrected chi connectivity index (χ3v) is 4.18. The second-order valence-corrected chi connectivity index (χ2v) is 5.72. The van der Waals surface area contributed by atoms with Gasteiger partial charge in [-0.05, 0) is 24.1 Å². The van der Waals surface area contributed by atoms with Crippen LogP contribution in [0.4, 0.5) is 0 Å². The zero-order valence-corrected chi connectivity index (χ0v) is 13.0. The SMILES string of the molecule is CCCc1cc(=O)n(C)c(SCc2cccc(C#N)c2)n1. The summed E-state index contributed by atoms with van der Waals surface area (Å²) in [5.41, 5.74) is 2.51. The van der Waals surface area contributed by atoms with Crippen molar-refractivity contribution in [1.29, 1.82) is 5.26 Å². The molecule has 0 amide bonds. The van der Waals surface area contributed by atoms with Crippen molar-refractivity contribution in [2.24, 2.45) is 7.05 Å². The number of aromatic nitrogens is 2. The highest BCUT2D eigenvalue weighted by Gasteiger charge is 2.07. The molecule has 108 valence electrons. The Kier molecular flexibility index (Phi) is 5.18. The maximum atomic E-state index is 11.9. The molecule has 0 aliphatic rings. The van der Waals surface area contributed by atoms with E-state index in [1.807, 2.05) is 18.2 Å². The fourth-order valence-corrected chi connectivity index (χ4v) is 2.90. The minimum Gasteiger partial charge on any atom is -0.291 e. The van der Waals surface area contributed by atoms with E-state index in [-0.39, 0.29) is 5.56 Å². The van der Waals surface area contributed by atoms with Crippen LogP contribution in [0.3, 0.4) is 0 Å². The third-order valence-electron chi connectivity index (χ3n) is 3.08. The lowest BCUT2D eigenvalue weighted by molar-refractivity contribution is 0.682. The van der Waals surface area contributed by atoms with Gasteiger partial charge in [0.15, 0.2) is 5.16 Å². The van der Waals surface area contributed by atoms with Gasteiger partial charge in [-0.2, -0.15) is 5.26 Å². The second kappa shape index (κ2) is 7.09. The van der Waals surface area contributed by atoms with Gasteiger partial charge in [0.25, 0.3) is 5.56 Å². The molecule has 0 spiro atoms. The average Bonchev–Trinajstić information content (AvgIpc) is 2.50. The Bertz CT molecular complexity index is 731. The maximum Gasteiger partial charge on any atom is 0.254 e. The first-order valence-electron chi connectivity index (χ1n) is 6.83. The highest BCUT2D eigenvalue weighted by molar-refractivity contribution is 7.98. The van der Waals surface area contributed by atoms with Crippen molar-refractivity contribution >= 4 is 11.8 Å². The number of benzene rings is 1. The summed E-state index contributed by atoms with van der Waals surface area (Å²) in [6.07, 6.45) is 1.78. The first-order chi connectivity index (χ1) is 10.1. The highest BCUT2D eigenvalue weighted by Crippen LogP contribution is 2.20. The molecule has 2 aromatic rings. The first-order valence-corrected chi connectivity index (χ1v) is 7.81.